The van der Waals surface area contributed by atoms with Gasteiger partial charge in [0.15, 0.2) is 0 Å². The minimum Gasteiger partial charge on any atom is -0.337 e. The van der Waals surface area contributed by atoms with Crippen molar-refractivity contribution in [1.29, 1.82) is 0 Å². The van der Waals surface area contributed by atoms with Crippen LogP contribution in [0.15, 0.2) is 12.5 Å². The second-order valence-corrected chi connectivity index (χ2v) is 3.83. The third kappa shape index (κ3) is 1.22. The lowest BCUT2D eigenvalue weighted by Crippen LogP contribution is -1.93. The van der Waals surface area contributed by atoms with Gasteiger partial charge in [-0.05, 0) is 12.3 Å². The Morgan fingerprint density at radius 2 is 2.64 bits per heavy atom. The van der Waals surface area contributed by atoms with Crippen LogP contribution in [0.25, 0.3) is 0 Å². The first-order chi connectivity index (χ1) is 5.33. The Morgan fingerprint density at radius 1 is 1.82 bits per heavy atom. The van der Waals surface area contributed by atoms with Crippen LogP contribution >= 0.6 is 15.9 Å². The van der Waals surface area contributed by atoms with Crippen molar-refractivity contribution in [3.8, 4) is 0 Å². The molecule has 0 aliphatic heterocycles. The summed E-state index contributed by atoms with van der Waals surface area (Å²) in [4.78, 5) is 4.10. The average molecular weight is 215 g/mol. The summed E-state index contributed by atoms with van der Waals surface area (Å²) in [6, 6.07) is 0. The Morgan fingerprint density at radius 3 is 3.09 bits per heavy atom. The minimum atomic E-state index is 0.766. The highest BCUT2D eigenvalue weighted by molar-refractivity contribution is 9.09. The molecule has 0 spiro atoms. The largest absolute Gasteiger partial charge is 0.337 e. The number of aromatic nitrogens is 2. The fraction of sp³-hybridized carbons (Fsp3) is 0.625. The monoisotopic (exact) mass is 214 g/mol. The van der Waals surface area contributed by atoms with Crippen molar-refractivity contribution in [3.63, 3.8) is 0 Å². The number of hydrogen-bond acceptors (Lipinski definition) is 1. The van der Waals surface area contributed by atoms with Gasteiger partial charge in [0, 0.05) is 30.2 Å². The highest BCUT2D eigenvalue weighted by atomic mass is 79.9. The van der Waals surface area contributed by atoms with Crippen molar-refractivity contribution in [2.75, 3.05) is 5.33 Å². The van der Waals surface area contributed by atoms with Gasteiger partial charge in [0.2, 0.25) is 0 Å². The Labute approximate surface area is 74.8 Å². The molecule has 0 bridgehead atoms. The van der Waals surface area contributed by atoms with Gasteiger partial charge >= 0.3 is 0 Å². The summed E-state index contributed by atoms with van der Waals surface area (Å²) >= 11 is 3.50. The lowest BCUT2D eigenvalue weighted by Gasteiger charge is -1.98. The maximum absolute atomic E-state index is 4.10. The third-order valence-corrected chi connectivity index (χ3v) is 3.19. The number of rotatable bonds is 2. The van der Waals surface area contributed by atoms with Crippen LogP contribution < -0.4 is 0 Å². The molecule has 0 amide bonds. The molecular weight excluding hydrogens is 204 g/mol. The summed E-state index contributed by atoms with van der Waals surface area (Å²) in [5, 5.41) is 1.13. The van der Waals surface area contributed by atoms with Crippen LogP contribution in [0.5, 0.6) is 0 Å². The van der Waals surface area contributed by atoms with E-state index in [-0.39, 0.29) is 0 Å². The zero-order valence-corrected chi connectivity index (χ0v) is 8.08. The standard InChI is InChI=1S/C8H11BrN2/c1-11-5-10-4-8(11)7-2-6(7)3-9/h4-7H,2-3H2,1H3. The van der Waals surface area contributed by atoms with Crippen molar-refractivity contribution >= 4 is 15.9 Å². The Bertz CT molecular complexity index is 256. The lowest BCUT2D eigenvalue weighted by atomic mass is 10.3. The number of alkyl halides is 1. The molecule has 1 saturated carbocycles. The quantitative estimate of drug-likeness (QED) is 0.689. The molecule has 0 N–H and O–H groups in total. The van der Waals surface area contributed by atoms with E-state index >= 15 is 0 Å². The molecule has 2 unspecified atom stereocenters. The highest BCUT2D eigenvalue weighted by Gasteiger charge is 2.38. The van der Waals surface area contributed by atoms with Gasteiger partial charge in [-0.3, -0.25) is 0 Å². The van der Waals surface area contributed by atoms with Gasteiger partial charge in [-0.15, -0.1) is 0 Å². The van der Waals surface area contributed by atoms with E-state index in [1.54, 1.807) is 0 Å². The molecule has 60 valence electrons. The Hall–Kier alpha value is -0.310. The van der Waals surface area contributed by atoms with E-state index < -0.39 is 0 Å². The number of hydrogen-bond donors (Lipinski definition) is 0. The predicted octanol–water partition coefficient (Wildman–Crippen LogP) is 1.92. The molecular formula is C8H11BrN2. The normalized spacial score (nSPS) is 28.9. The topological polar surface area (TPSA) is 17.8 Å². The molecule has 1 aliphatic rings. The zero-order valence-electron chi connectivity index (χ0n) is 6.50. The SMILES string of the molecule is Cn1cncc1C1CC1CBr. The van der Waals surface area contributed by atoms with Crippen LogP contribution in [0.3, 0.4) is 0 Å². The van der Waals surface area contributed by atoms with Gasteiger partial charge in [-0.25, -0.2) is 4.98 Å². The molecule has 1 aromatic heterocycles. The first kappa shape index (κ1) is 7.35. The fourth-order valence-corrected chi connectivity index (χ4v) is 2.22. The molecule has 1 aliphatic carbocycles. The summed E-state index contributed by atoms with van der Waals surface area (Å²) in [7, 11) is 2.06. The zero-order chi connectivity index (χ0) is 7.84. The first-order valence-electron chi connectivity index (χ1n) is 3.85. The Balaban J connectivity index is 2.14. The molecule has 11 heavy (non-hydrogen) atoms. The van der Waals surface area contributed by atoms with Gasteiger partial charge in [0.05, 0.1) is 6.33 Å². The number of imidazole rings is 1. The van der Waals surface area contributed by atoms with E-state index in [9.17, 15) is 0 Å². The molecule has 2 nitrogen and oxygen atoms in total. The second-order valence-electron chi connectivity index (χ2n) is 3.19. The summed E-state index contributed by atoms with van der Waals surface area (Å²) in [6.07, 6.45) is 5.18. The van der Waals surface area contributed by atoms with Crippen LogP contribution in [0, 0.1) is 5.92 Å². The predicted molar refractivity (Wildman–Crippen MR) is 47.9 cm³/mol. The second kappa shape index (κ2) is 2.63. The van der Waals surface area contributed by atoms with E-state index in [0.29, 0.717) is 0 Å². The molecule has 1 heterocycles. The van der Waals surface area contributed by atoms with Crippen molar-refractivity contribution in [3.05, 3.63) is 18.2 Å². The maximum atomic E-state index is 4.10. The third-order valence-electron chi connectivity index (χ3n) is 2.35. The highest BCUT2D eigenvalue weighted by Crippen LogP contribution is 2.47. The summed E-state index contributed by atoms with van der Waals surface area (Å²) < 4.78 is 2.12. The van der Waals surface area contributed by atoms with E-state index in [0.717, 1.165) is 17.2 Å². The molecule has 0 aromatic carbocycles. The summed E-state index contributed by atoms with van der Waals surface area (Å²) in [5.74, 6) is 1.62. The van der Waals surface area contributed by atoms with E-state index in [4.69, 9.17) is 0 Å². The van der Waals surface area contributed by atoms with Crippen LogP contribution in [0.2, 0.25) is 0 Å². The fourth-order valence-electron chi connectivity index (χ4n) is 1.51. The van der Waals surface area contributed by atoms with Crippen molar-refractivity contribution in [2.45, 2.75) is 12.3 Å². The number of nitrogens with zero attached hydrogens (tertiary/aromatic N) is 2. The summed E-state index contributed by atoms with van der Waals surface area (Å²) in [6.45, 7) is 0. The van der Waals surface area contributed by atoms with Crippen molar-refractivity contribution in [1.82, 2.24) is 9.55 Å². The molecule has 0 radical (unpaired) electrons. The smallest absolute Gasteiger partial charge is 0.0945 e. The van der Waals surface area contributed by atoms with Gasteiger partial charge in [0.25, 0.3) is 0 Å². The summed E-state index contributed by atoms with van der Waals surface area (Å²) in [5.41, 5.74) is 1.38. The molecule has 2 atom stereocenters. The molecule has 1 aromatic rings. The van der Waals surface area contributed by atoms with Crippen molar-refractivity contribution in [2.24, 2.45) is 13.0 Å². The lowest BCUT2D eigenvalue weighted by molar-refractivity contribution is 0.796. The number of aryl methyl sites for hydroxylation is 1. The van der Waals surface area contributed by atoms with Gasteiger partial charge in [-0.1, -0.05) is 15.9 Å². The van der Waals surface area contributed by atoms with E-state index in [1.165, 1.54) is 12.1 Å². The first-order valence-corrected chi connectivity index (χ1v) is 4.97. The maximum Gasteiger partial charge on any atom is 0.0945 e. The minimum absolute atomic E-state index is 0.766. The van der Waals surface area contributed by atoms with E-state index in [1.807, 2.05) is 12.5 Å². The molecule has 1 fully saturated rings. The van der Waals surface area contributed by atoms with Crippen LogP contribution in [0.1, 0.15) is 18.0 Å². The van der Waals surface area contributed by atoms with Crippen molar-refractivity contribution < 1.29 is 0 Å². The van der Waals surface area contributed by atoms with Crippen LogP contribution in [-0.2, 0) is 7.05 Å². The molecule has 0 saturated heterocycles. The molecule has 2 rings (SSSR count). The Kier molecular flexibility index (Phi) is 1.75. The average Bonchev–Trinajstić information content (AvgIpc) is 2.68. The van der Waals surface area contributed by atoms with Gasteiger partial charge in [0.1, 0.15) is 0 Å². The molecule has 3 heteroatoms. The van der Waals surface area contributed by atoms with E-state index in [2.05, 4.69) is 32.5 Å². The van der Waals surface area contributed by atoms with Crippen LogP contribution in [-0.4, -0.2) is 14.9 Å². The van der Waals surface area contributed by atoms with Gasteiger partial charge < -0.3 is 4.57 Å². The van der Waals surface area contributed by atoms with Gasteiger partial charge in [-0.2, -0.15) is 0 Å². The van der Waals surface area contributed by atoms with Crippen LogP contribution in [0.4, 0.5) is 0 Å². The number of halogens is 1.